The molecule has 14 nitrogen and oxygen atoms in total. The molecule has 0 aliphatic carbocycles. The van der Waals surface area contributed by atoms with Crippen molar-refractivity contribution in [2.75, 3.05) is 19.5 Å². The van der Waals surface area contributed by atoms with Gasteiger partial charge in [-0.3, -0.25) is 14.4 Å². The van der Waals surface area contributed by atoms with Gasteiger partial charge in [-0.1, -0.05) is 6.07 Å². The molecule has 17 heteroatoms. The summed E-state index contributed by atoms with van der Waals surface area (Å²) < 4.78 is 70.1. The molecule has 0 saturated carbocycles. The highest BCUT2D eigenvalue weighted by molar-refractivity contribution is 6.01. The maximum atomic E-state index is 13.4. The Morgan fingerprint density at radius 1 is 0.688 bits per heavy atom. The number of carboxylic acids is 1. The molecule has 0 fully saturated rings. The summed E-state index contributed by atoms with van der Waals surface area (Å²) in [5.41, 5.74) is -2.35. The van der Waals surface area contributed by atoms with Crippen molar-refractivity contribution in [3.63, 3.8) is 0 Å². The summed E-state index contributed by atoms with van der Waals surface area (Å²) in [5.74, 6) is -8.16. The summed E-state index contributed by atoms with van der Waals surface area (Å²) in [5, 5.41) is 12.0. The Bertz CT molecular complexity index is 1740. The van der Waals surface area contributed by atoms with Crippen LogP contribution in [-0.4, -0.2) is 67.3 Å². The summed E-state index contributed by atoms with van der Waals surface area (Å²) in [7, 11) is 2.36. The number of alkyl halides is 3. The SMILES string of the molecule is COc1cc(C(=O)O[C@H](C(=O)O)[C@H](OC(=O)c2ccc(OC(C)=O)c(OC)c2)C(=O)Nc2cccc(C(F)(F)F)c2)ccc1OC(C)=O. The molecular weight excluding hydrogens is 651 g/mol. The van der Waals surface area contributed by atoms with E-state index < -0.39 is 65.4 Å². The molecule has 0 aliphatic rings. The predicted molar refractivity (Wildman–Crippen MR) is 155 cm³/mol. The number of hydrogen-bond donors (Lipinski definition) is 2. The van der Waals surface area contributed by atoms with E-state index >= 15 is 0 Å². The summed E-state index contributed by atoms with van der Waals surface area (Å²) in [6.45, 7) is 2.21. The second-order valence-electron chi connectivity index (χ2n) is 9.48. The van der Waals surface area contributed by atoms with E-state index in [9.17, 15) is 47.0 Å². The molecule has 0 aromatic heterocycles. The molecule has 2 atom stereocenters. The topological polar surface area (TPSA) is 190 Å². The molecule has 3 rings (SSSR count). The Balaban J connectivity index is 2.01. The van der Waals surface area contributed by atoms with Crippen molar-refractivity contribution in [3.05, 3.63) is 77.4 Å². The number of amides is 1. The molecule has 0 bridgehead atoms. The van der Waals surface area contributed by atoms with Gasteiger partial charge < -0.3 is 38.8 Å². The van der Waals surface area contributed by atoms with Crippen LogP contribution in [0.5, 0.6) is 23.0 Å². The average molecular weight is 678 g/mol. The van der Waals surface area contributed by atoms with Gasteiger partial charge in [-0.2, -0.15) is 13.2 Å². The van der Waals surface area contributed by atoms with E-state index in [1.807, 2.05) is 5.32 Å². The molecule has 1 amide bonds. The van der Waals surface area contributed by atoms with Crippen LogP contribution in [0.15, 0.2) is 60.7 Å². The van der Waals surface area contributed by atoms with Crippen LogP contribution in [0.2, 0.25) is 0 Å². The Morgan fingerprint density at radius 2 is 1.17 bits per heavy atom. The maximum Gasteiger partial charge on any atom is 0.416 e. The van der Waals surface area contributed by atoms with Crippen molar-refractivity contribution in [2.24, 2.45) is 0 Å². The van der Waals surface area contributed by atoms with Crippen molar-refractivity contribution in [1.82, 2.24) is 0 Å². The standard InChI is InChI=1S/C31H26F3NO13/c1-15(36)45-21-10-8-17(12-23(21)43-3)29(41)47-25(27(38)35-20-7-5-6-19(14-20)31(32,33)34)26(28(39)40)48-30(42)18-9-11-22(46-16(2)37)24(13-18)44-4/h5-14,25-26H,1-4H3,(H,35,38)(H,39,40)/t25-,26-/m0/s1. The van der Waals surface area contributed by atoms with Crippen LogP contribution in [0.25, 0.3) is 0 Å². The number of carbonyl (C=O) groups is 6. The van der Waals surface area contributed by atoms with Crippen molar-refractivity contribution in [2.45, 2.75) is 32.2 Å². The molecule has 0 saturated heterocycles. The van der Waals surface area contributed by atoms with Crippen molar-refractivity contribution in [1.29, 1.82) is 0 Å². The third-order valence-electron chi connectivity index (χ3n) is 6.01. The molecule has 3 aromatic carbocycles. The van der Waals surface area contributed by atoms with Gasteiger partial charge in [0, 0.05) is 19.5 Å². The molecule has 0 heterocycles. The molecule has 0 spiro atoms. The first-order valence-corrected chi connectivity index (χ1v) is 13.4. The van der Waals surface area contributed by atoms with Crippen LogP contribution in [0.1, 0.15) is 40.1 Å². The number of halogens is 3. The highest BCUT2D eigenvalue weighted by atomic mass is 19.4. The number of benzene rings is 3. The zero-order valence-electron chi connectivity index (χ0n) is 25.4. The first-order chi connectivity index (χ1) is 22.5. The van der Waals surface area contributed by atoms with E-state index in [4.69, 9.17) is 28.4 Å². The van der Waals surface area contributed by atoms with Crippen LogP contribution < -0.4 is 24.3 Å². The maximum absolute atomic E-state index is 13.4. The minimum Gasteiger partial charge on any atom is -0.493 e. The van der Waals surface area contributed by atoms with Gasteiger partial charge in [0.15, 0.2) is 23.0 Å². The number of nitrogens with one attached hydrogen (secondary N) is 1. The van der Waals surface area contributed by atoms with Crippen molar-refractivity contribution < 1.29 is 75.5 Å². The number of carboxylic acid groups (broad SMARTS) is 1. The predicted octanol–water partition coefficient (Wildman–Crippen LogP) is 4.05. The minimum absolute atomic E-state index is 0.0984. The number of methoxy groups -OCH3 is 2. The van der Waals surface area contributed by atoms with Gasteiger partial charge in [-0.25, -0.2) is 14.4 Å². The van der Waals surface area contributed by atoms with E-state index in [0.29, 0.717) is 12.1 Å². The quantitative estimate of drug-likeness (QED) is 0.206. The molecule has 0 unspecified atom stereocenters. The van der Waals surface area contributed by atoms with Gasteiger partial charge in [0.2, 0.25) is 12.2 Å². The van der Waals surface area contributed by atoms with Gasteiger partial charge in [-0.05, 0) is 54.6 Å². The van der Waals surface area contributed by atoms with Crippen molar-refractivity contribution >= 4 is 41.4 Å². The highest BCUT2D eigenvalue weighted by Crippen LogP contribution is 2.32. The van der Waals surface area contributed by atoms with E-state index in [2.05, 4.69) is 0 Å². The van der Waals surface area contributed by atoms with Crippen LogP contribution in [0.4, 0.5) is 18.9 Å². The summed E-state index contributed by atoms with van der Waals surface area (Å²) in [6, 6.07) is 9.72. The molecule has 3 aromatic rings. The molecule has 2 N–H and O–H groups in total. The van der Waals surface area contributed by atoms with E-state index in [1.165, 1.54) is 14.2 Å². The first-order valence-electron chi connectivity index (χ1n) is 13.4. The highest BCUT2D eigenvalue weighted by Gasteiger charge is 2.41. The van der Waals surface area contributed by atoms with Gasteiger partial charge in [-0.15, -0.1) is 0 Å². The monoisotopic (exact) mass is 677 g/mol. The first kappa shape index (κ1) is 36.3. The third-order valence-corrected chi connectivity index (χ3v) is 6.01. The van der Waals surface area contributed by atoms with Gasteiger partial charge in [0.05, 0.1) is 30.9 Å². The van der Waals surface area contributed by atoms with E-state index in [-0.39, 0.29) is 34.1 Å². The van der Waals surface area contributed by atoms with Crippen molar-refractivity contribution in [3.8, 4) is 23.0 Å². The number of ether oxygens (including phenoxy) is 6. The molecule has 254 valence electrons. The lowest BCUT2D eigenvalue weighted by atomic mass is 10.1. The number of rotatable bonds is 12. The van der Waals surface area contributed by atoms with Crippen LogP contribution in [0, 0.1) is 0 Å². The minimum atomic E-state index is -4.81. The fourth-order valence-corrected chi connectivity index (χ4v) is 3.92. The molecular formula is C31H26F3NO13. The Kier molecular flexibility index (Phi) is 11.7. The number of aliphatic carboxylic acids is 1. The fourth-order valence-electron chi connectivity index (χ4n) is 3.92. The van der Waals surface area contributed by atoms with Gasteiger partial charge >= 0.3 is 36.0 Å². The van der Waals surface area contributed by atoms with Crippen LogP contribution >= 0.6 is 0 Å². The number of anilines is 1. The lowest BCUT2D eigenvalue weighted by molar-refractivity contribution is -0.157. The van der Waals surface area contributed by atoms with Crippen LogP contribution in [0.3, 0.4) is 0 Å². The van der Waals surface area contributed by atoms with Gasteiger partial charge in [0.1, 0.15) is 0 Å². The Morgan fingerprint density at radius 3 is 1.58 bits per heavy atom. The number of esters is 4. The zero-order valence-corrected chi connectivity index (χ0v) is 25.4. The Labute approximate surface area is 269 Å². The summed E-state index contributed by atoms with van der Waals surface area (Å²) in [4.78, 5) is 74.7. The normalized spacial score (nSPS) is 12.1. The lowest BCUT2D eigenvalue weighted by Crippen LogP contribution is -2.48. The third kappa shape index (κ3) is 9.44. The van der Waals surface area contributed by atoms with E-state index in [0.717, 1.165) is 62.4 Å². The summed E-state index contributed by atoms with van der Waals surface area (Å²) >= 11 is 0. The smallest absolute Gasteiger partial charge is 0.416 e. The van der Waals surface area contributed by atoms with E-state index in [1.54, 1.807) is 0 Å². The zero-order chi connectivity index (χ0) is 35.8. The van der Waals surface area contributed by atoms with Crippen LogP contribution in [-0.2, 0) is 34.8 Å². The molecule has 0 aliphatic heterocycles. The number of carbonyl (C=O) groups excluding carboxylic acids is 5. The lowest BCUT2D eigenvalue weighted by Gasteiger charge is -2.24. The second-order valence-corrected chi connectivity index (χ2v) is 9.48. The Hall–Kier alpha value is -6.13. The number of hydrogen-bond acceptors (Lipinski definition) is 12. The van der Waals surface area contributed by atoms with Gasteiger partial charge in [0.25, 0.3) is 5.91 Å². The summed E-state index contributed by atoms with van der Waals surface area (Å²) in [6.07, 6.45) is -9.89. The average Bonchev–Trinajstić information content (AvgIpc) is 3.01. The molecule has 0 radical (unpaired) electrons. The second kappa shape index (κ2) is 15.4. The molecule has 48 heavy (non-hydrogen) atoms. The fraction of sp³-hybridized carbons (Fsp3) is 0.226. The largest absolute Gasteiger partial charge is 0.493 e.